The molecule has 4 nitrogen and oxygen atoms in total. The lowest BCUT2D eigenvalue weighted by molar-refractivity contribution is 0.415. The Morgan fingerprint density at radius 2 is 2.06 bits per heavy atom. The number of nitrogens with two attached hydrogens (primary N) is 1. The summed E-state index contributed by atoms with van der Waals surface area (Å²) in [7, 11) is 1.67. The quantitative estimate of drug-likeness (QED) is 0.850. The highest BCUT2D eigenvalue weighted by Crippen LogP contribution is 2.33. The van der Waals surface area contributed by atoms with Crippen molar-refractivity contribution in [3.8, 4) is 17.0 Å². The number of benzene rings is 1. The predicted octanol–water partition coefficient (Wildman–Crippen LogP) is 2.16. The molecule has 0 unspecified atom stereocenters. The number of hydrogen-bond acceptors (Lipinski definition) is 3. The fraction of sp³-hybridized carbons (Fsp3) is 0.308. The summed E-state index contributed by atoms with van der Waals surface area (Å²) in [5.74, 6) is 0.845. The van der Waals surface area contributed by atoms with Crippen molar-refractivity contribution < 1.29 is 4.74 Å². The number of nitrogens with one attached hydrogen (secondary N) is 1. The van der Waals surface area contributed by atoms with E-state index in [0.717, 1.165) is 28.3 Å². The molecule has 0 bridgehead atoms. The van der Waals surface area contributed by atoms with Crippen LogP contribution in [-0.2, 0) is 6.54 Å². The Balaban J connectivity index is 2.57. The van der Waals surface area contributed by atoms with Crippen LogP contribution in [0.4, 0.5) is 0 Å². The molecule has 3 N–H and O–H groups in total. The second-order valence-corrected chi connectivity index (χ2v) is 4.14. The zero-order valence-corrected chi connectivity index (χ0v) is 10.4. The average molecular weight is 231 g/mol. The highest BCUT2D eigenvalue weighted by Gasteiger charge is 2.13. The van der Waals surface area contributed by atoms with Gasteiger partial charge in [-0.3, -0.25) is 5.10 Å². The molecule has 1 aromatic heterocycles. The van der Waals surface area contributed by atoms with Gasteiger partial charge in [0.15, 0.2) is 0 Å². The number of rotatable bonds is 3. The summed E-state index contributed by atoms with van der Waals surface area (Å²) in [6, 6.07) is 6.09. The van der Waals surface area contributed by atoms with Gasteiger partial charge in [-0.2, -0.15) is 5.10 Å². The van der Waals surface area contributed by atoms with Crippen LogP contribution in [-0.4, -0.2) is 17.3 Å². The topological polar surface area (TPSA) is 63.9 Å². The first-order valence-corrected chi connectivity index (χ1v) is 5.55. The van der Waals surface area contributed by atoms with E-state index in [0.29, 0.717) is 6.54 Å². The third-order valence-corrected chi connectivity index (χ3v) is 2.77. The maximum Gasteiger partial charge on any atom is 0.128 e. The molecule has 0 radical (unpaired) electrons. The van der Waals surface area contributed by atoms with Gasteiger partial charge in [0.1, 0.15) is 5.75 Å². The molecule has 0 atom stereocenters. The van der Waals surface area contributed by atoms with Crippen LogP contribution in [0.5, 0.6) is 5.75 Å². The minimum atomic E-state index is 0.459. The molecule has 0 amide bonds. The molecule has 90 valence electrons. The molecule has 0 saturated carbocycles. The summed E-state index contributed by atoms with van der Waals surface area (Å²) in [5, 5.41) is 7.19. The largest absolute Gasteiger partial charge is 0.496 e. The minimum absolute atomic E-state index is 0.459. The first kappa shape index (κ1) is 11.7. The van der Waals surface area contributed by atoms with E-state index in [2.05, 4.69) is 30.1 Å². The van der Waals surface area contributed by atoms with E-state index in [1.165, 1.54) is 5.56 Å². The number of nitrogens with zero attached hydrogens (tertiary/aromatic N) is 1. The normalized spacial score (nSPS) is 10.6. The van der Waals surface area contributed by atoms with Gasteiger partial charge in [0.25, 0.3) is 0 Å². The number of hydrogen-bond donors (Lipinski definition) is 2. The van der Waals surface area contributed by atoms with Gasteiger partial charge in [0, 0.05) is 17.8 Å². The molecule has 0 aliphatic rings. The molecule has 0 aliphatic carbocycles. The van der Waals surface area contributed by atoms with Crippen molar-refractivity contribution in [2.75, 3.05) is 7.11 Å². The van der Waals surface area contributed by atoms with Crippen molar-refractivity contribution >= 4 is 0 Å². The van der Waals surface area contributed by atoms with Crippen molar-refractivity contribution in [2.45, 2.75) is 20.4 Å². The van der Waals surface area contributed by atoms with Crippen molar-refractivity contribution in [1.29, 1.82) is 0 Å². The lowest BCUT2D eigenvalue weighted by Gasteiger charge is -2.10. The third kappa shape index (κ3) is 2.17. The molecular weight excluding hydrogens is 214 g/mol. The zero-order valence-electron chi connectivity index (χ0n) is 10.4. The maximum absolute atomic E-state index is 5.57. The number of ether oxygens (including phenoxy) is 1. The monoisotopic (exact) mass is 231 g/mol. The molecule has 2 aromatic rings. The summed E-state index contributed by atoms with van der Waals surface area (Å²) in [6.45, 7) is 4.57. The van der Waals surface area contributed by atoms with Crippen LogP contribution in [0, 0.1) is 13.8 Å². The summed E-state index contributed by atoms with van der Waals surface area (Å²) in [6.07, 6.45) is 0. The Morgan fingerprint density at radius 1 is 1.29 bits per heavy atom. The number of aryl methyl sites for hydroxylation is 2. The number of aromatic amines is 1. The van der Waals surface area contributed by atoms with Crippen LogP contribution in [0.1, 0.15) is 16.8 Å². The van der Waals surface area contributed by atoms with Crippen LogP contribution in [0.3, 0.4) is 0 Å². The van der Waals surface area contributed by atoms with Gasteiger partial charge in [-0.15, -0.1) is 0 Å². The maximum atomic E-state index is 5.57. The van der Waals surface area contributed by atoms with Gasteiger partial charge in [0.2, 0.25) is 0 Å². The first-order valence-electron chi connectivity index (χ1n) is 5.55. The van der Waals surface area contributed by atoms with Crippen molar-refractivity contribution in [3.05, 3.63) is 35.0 Å². The van der Waals surface area contributed by atoms with Gasteiger partial charge in [0.05, 0.1) is 12.8 Å². The van der Waals surface area contributed by atoms with Gasteiger partial charge < -0.3 is 10.5 Å². The Morgan fingerprint density at radius 3 is 2.65 bits per heavy atom. The second-order valence-electron chi connectivity index (χ2n) is 4.14. The molecule has 17 heavy (non-hydrogen) atoms. The Hall–Kier alpha value is -1.81. The van der Waals surface area contributed by atoms with Gasteiger partial charge in [-0.1, -0.05) is 6.07 Å². The summed E-state index contributed by atoms with van der Waals surface area (Å²) < 4.78 is 5.42. The van der Waals surface area contributed by atoms with Crippen LogP contribution in [0.15, 0.2) is 18.2 Å². The first-order chi connectivity index (χ1) is 8.15. The van der Waals surface area contributed by atoms with Crippen molar-refractivity contribution in [2.24, 2.45) is 5.73 Å². The molecular formula is C13H17N3O. The van der Waals surface area contributed by atoms with E-state index in [1.807, 2.05) is 12.1 Å². The van der Waals surface area contributed by atoms with Crippen molar-refractivity contribution in [1.82, 2.24) is 10.2 Å². The van der Waals surface area contributed by atoms with Crippen LogP contribution in [0.25, 0.3) is 11.3 Å². The fourth-order valence-corrected chi connectivity index (χ4v) is 2.01. The Kier molecular flexibility index (Phi) is 3.15. The average Bonchev–Trinajstić information content (AvgIpc) is 2.76. The fourth-order valence-electron chi connectivity index (χ4n) is 2.01. The zero-order chi connectivity index (χ0) is 12.4. The van der Waals surface area contributed by atoms with Crippen LogP contribution < -0.4 is 10.5 Å². The van der Waals surface area contributed by atoms with E-state index in [4.69, 9.17) is 10.5 Å². The molecule has 4 heteroatoms. The van der Waals surface area contributed by atoms with Gasteiger partial charge in [-0.05, 0) is 37.1 Å². The highest BCUT2D eigenvalue weighted by atomic mass is 16.5. The van der Waals surface area contributed by atoms with Crippen LogP contribution in [0.2, 0.25) is 0 Å². The molecule has 0 fully saturated rings. The molecule has 1 aromatic carbocycles. The Bertz CT molecular complexity index is 531. The van der Waals surface area contributed by atoms with Gasteiger partial charge in [-0.25, -0.2) is 0 Å². The summed E-state index contributed by atoms with van der Waals surface area (Å²) in [4.78, 5) is 0. The number of H-pyrrole nitrogens is 1. The molecule has 1 heterocycles. The van der Waals surface area contributed by atoms with E-state index in [1.54, 1.807) is 7.11 Å². The highest BCUT2D eigenvalue weighted by molar-refractivity contribution is 5.71. The number of aromatic nitrogens is 2. The van der Waals surface area contributed by atoms with Crippen LogP contribution >= 0.6 is 0 Å². The second kappa shape index (κ2) is 4.59. The number of methoxy groups -OCH3 is 1. The summed E-state index contributed by atoms with van der Waals surface area (Å²) in [5.41, 5.74) is 10.7. The standard InChI is InChI=1S/C13H17N3O/c1-8-4-9(2)13(12(5-8)17-3)11-6-10(7-14)15-16-11/h4-6H,7,14H2,1-3H3,(H,15,16). The third-order valence-electron chi connectivity index (χ3n) is 2.77. The summed E-state index contributed by atoms with van der Waals surface area (Å²) >= 11 is 0. The smallest absolute Gasteiger partial charge is 0.128 e. The predicted molar refractivity (Wildman–Crippen MR) is 67.9 cm³/mol. The van der Waals surface area contributed by atoms with Crippen molar-refractivity contribution in [3.63, 3.8) is 0 Å². The molecule has 2 rings (SSSR count). The van der Waals surface area contributed by atoms with E-state index in [-0.39, 0.29) is 0 Å². The van der Waals surface area contributed by atoms with E-state index >= 15 is 0 Å². The lowest BCUT2D eigenvalue weighted by Crippen LogP contribution is -1.95. The van der Waals surface area contributed by atoms with E-state index in [9.17, 15) is 0 Å². The Labute approximate surface area is 101 Å². The van der Waals surface area contributed by atoms with Gasteiger partial charge >= 0.3 is 0 Å². The van der Waals surface area contributed by atoms with E-state index < -0.39 is 0 Å². The SMILES string of the molecule is COc1cc(C)cc(C)c1-c1cc(CN)[nH]n1. The lowest BCUT2D eigenvalue weighted by atomic mass is 10.0. The molecule has 0 spiro atoms. The minimum Gasteiger partial charge on any atom is -0.496 e. The molecule has 0 aliphatic heterocycles. The molecule has 0 saturated heterocycles.